The fraction of sp³-hybridized carbons (Fsp3) is 0.733. The standard InChI is InChI=1S/C11H23O3S.C4H4O4.Na/c1-4-7-8-10(5-2)9-11(6-3)15(12,13)14;5-3(6)1-2-4(7)8;/h9-11H,4-8H2,1-3H3,(H,12,13,14);1-2H,(H,5,6)(H,7,8);/b;2-1-;. The number of hydrogen-bond donors (Lipinski definition) is 3. The number of carboxylic acids is 2. The van der Waals surface area contributed by atoms with Crippen LogP contribution in [0.1, 0.15) is 52.9 Å². The molecule has 24 heavy (non-hydrogen) atoms. The van der Waals surface area contributed by atoms with Gasteiger partial charge in [-0.05, 0) is 0 Å². The minimum Gasteiger partial charge on any atom is -0.478 e. The van der Waals surface area contributed by atoms with Gasteiger partial charge in [-0.15, -0.1) is 0 Å². The van der Waals surface area contributed by atoms with Crippen LogP contribution in [0.15, 0.2) is 12.2 Å². The summed E-state index contributed by atoms with van der Waals surface area (Å²) in [6.07, 6.45) is 6.04. The summed E-state index contributed by atoms with van der Waals surface area (Å²) in [5.41, 5.74) is 0. The largest absolute Gasteiger partial charge is 0.478 e. The Morgan fingerprint density at radius 2 is 1.50 bits per heavy atom. The van der Waals surface area contributed by atoms with Gasteiger partial charge >= 0.3 is 130 Å². The molecule has 0 saturated heterocycles. The van der Waals surface area contributed by atoms with Gasteiger partial charge in [0, 0.05) is 12.2 Å². The van der Waals surface area contributed by atoms with E-state index in [0.29, 0.717) is 24.5 Å². The van der Waals surface area contributed by atoms with E-state index in [4.69, 9.17) is 10.2 Å². The van der Waals surface area contributed by atoms with E-state index < -0.39 is 27.3 Å². The number of rotatable bonds is 10. The zero-order chi connectivity index (χ0) is 19.3. The third kappa shape index (κ3) is 12.9. The molecule has 0 aliphatic rings. The molecule has 0 aliphatic heterocycles. The van der Waals surface area contributed by atoms with Crippen molar-refractivity contribution in [2.75, 3.05) is 0 Å². The van der Waals surface area contributed by atoms with Gasteiger partial charge in [0.1, 0.15) is 0 Å². The molecule has 7 nitrogen and oxygen atoms in total. The van der Waals surface area contributed by atoms with E-state index in [0.717, 1.165) is 53.6 Å². The zero-order valence-electron chi connectivity index (χ0n) is 14.8. The normalized spacial score (nSPS) is 15.2. The van der Waals surface area contributed by atoms with Crippen molar-refractivity contribution in [2.45, 2.75) is 61.3 Å². The average molecular weight is 374 g/mol. The zero-order valence-corrected chi connectivity index (χ0v) is 17.6. The van der Waals surface area contributed by atoms with Crippen molar-refractivity contribution >= 4 is 50.0 Å². The van der Waals surface area contributed by atoms with Gasteiger partial charge in [-0.3, -0.25) is 0 Å². The van der Waals surface area contributed by atoms with Crippen molar-refractivity contribution in [3.63, 3.8) is 0 Å². The Bertz CT molecular complexity index is 486. The Labute approximate surface area is 161 Å². The maximum atomic E-state index is 11.3. The molecule has 0 spiro atoms. The van der Waals surface area contributed by atoms with Gasteiger partial charge in [-0.2, -0.15) is 0 Å². The Kier molecular flexibility index (Phi) is 14.9. The molecular weight excluding hydrogens is 347 g/mol. The van der Waals surface area contributed by atoms with E-state index in [1.807, 2.05) is 6.92 Å². The SMILES string of the molecule is CCCCC(CC)[CH]([Na])C(CC)S(=O)(=O)O.O=C(O)/C=C\C(=O)O. The van der Waals surface area contributed by atoms with Crippen molar-refractivity contribution < 1.29 is 32.8 Å². The minimum atomic E-state index is -3.86. The third-order valence-corrected chi connectivity index (χ3v) is 7.69. The molecule has 3 N–H and O–H groups in total. The third-order valence-electron chi connectivity index (χ3n) is 3.94. The molecular formula is C15H27NaO7S. The van der Waals surface area contributed by atoms with Crippen LogP contribution in [-0.4, -0.2) is 68.3 Å². The molecule has 136 valence electrons. The quantitative estimate of drug-likeness (QED) is 0.304. The summed E-state index contributed by atoms with van der Waals surface area (Å²) in [5.74, 6) is -2.06. The molecule has 0 heterocycles. The summed E-state index contributed by atoms with van der Waals surface area (Å²) in [6.45, 7) is 6.10. The maximum Gasteiger partial charge on any atom is 0.328 e. The molecule has 3 unspecified atom stereocenters. The molecule has 9 heteroatoms. The van der Waals surface area contributed by atoms with Crippen LogP contribution in [-0.2, 0) is 19.7 Å². The fourth-order valence-electron chi connectivity index (χ4n) is 2.60. The Hall–Kier alpha value is -0.410. The molecule has 0 bridgehead atoms. The van der Waals surface area contributed by atoms with Crippen LogP contribution in [0, 0.1) is 5.92 Å². The Morgan fingerprint density at radius 3 is 1.75 bits per heavy atom. The molecule has 0 aliphatic carbocycles. The second kappa shape index (κ2) is 13.8. The van der Waals surface area contributed by atoms with E-state index >= 15 is 0 Å². The van der Waals surface area contributed by atoms with Crippen molar-refractivity contribution in [3.8, 4) is 0 Å². The summed E-state index contributed by atoms with van der Waals surface area (Å²) < 4.78 is 31.9. The van der Waals surface area contributed by atoms with Gasteiger partial charge in [-0.25, -0.2) is 9.59 Å². The molecule has 0 radical (unpaired) electrons. The summed E-state index contributed by atoms with van der Waals surface area (Å²) >= 11 is 0.833. The number of carboxylic acid groups (broad SMARTS) is 2. The van der Waals surface area contributed by atoms with Crippen LogP contribution in [0.5, 0.6) is 0 Å². The molecule has 0 saturated carbocycles. The van der Waals surface area contributed by atoms with E-state index in [1.165, 1.54) is 0 Å². The molecule has 0 aromatic rings. The first-order valence-corrected chi connectivity index (χ1v) is 10.8. The fourth-order valence-corrected chi connectivity index (χ4v) is 6.10. The van der Waals surface area contributed by atoms with E-state index in [-0.39, 0.29) is 3.17 Å². The second-order valence-electron chi connectivity index (χ2n) is 5.64. The first kappa shape index (κ1) is 25.8. The monoisotopic (exact) mass is 374 g/mol. The van der Waals surface area contributed by atoms with Crippen LogP contribution in [0.3, 0.4) is 0 Å². The van der Waals surface area contributed by atoms with Crippen LogP contribution in [0.4, 0.5) is 0 Å². The van der Waals surface area contributed by atoms with Gasteiger partial charge in [0.15, 0.2) is 0 Å². The minimum absolute atomic E-state index is 0.177. The number of hydrogen-bond acceptors (Lipinski definition) is 4. The molecule has 0 rings (SSSR count). The first-order chi connectivity index (χ1) is 11.0. The molecule has 3 atom stereocenters. The van der Waals surface area contributed by atoms with Crippen molar-refractivity contribution in [3.05, 3.63) is 12.2 Å². The van der Waals surface area contributed by atoms with E-state index in [2.05, 4.69) is 13.8 Å². The van der Waals surface area contributed by atoms with Gasteiger partial charge < -0.3 is 10.2 Å². The topological polar surface area (TPSA) is 129 Å². The average Bonchev–Trinajstić information content (AvgIpc) is 2.46. The predicted molar refractivity (Wildman–Crippen MR) is 92.8 cm³/mol. The number of unbranched alkanes of at least 4 members (excludes halogenated alkanes) is 1. The molecule has 0 aromatic carbocycles. The van der Waals surface area contributed by atoms with Crippen molar-refractivity contribution in [1.29, 1.82) is 0 Å². The number of aliphatic carboxylic acids is 2. The Morgan fingerprint density at radius 1 is 1.04 bits per heavy atom. The predicted octanol–water partition coefficient (Wildman–Crippen LogP) is 2.54. The Balaban J connectivity index is 0. The van der Waals surface area contributed by atoms with Gasteiger partial charge in [0.05, 0.1) is 0 Å². The molecule has 0 aromatic heterocycles. The second-order valence-corrected chi connectivity index (χ2v) is 8.61. The van der Waals surface area contributed by atoms with Gasteiger partial charge in [-0.1, -0.05) is 0 Å². The van der Waals surface area contributed by atoms with E-state index in [1.54, 1.807) is 0 Å². The van der Waals surface area contributed by atoms with Gasteiger partial charge in [0.2, 0.25) is 0 Å². The maximum absolute atomic E-state index is 11.3. The summed E-state index contributed by atoms with van der Waals surface area (Å²) in [4.78, 5) is 19.1. The van der Waals surface area contributed by atoms with Gasteiger partial charge in [0.25, 0.3) is 0 Å². The summed E-state index contributed by atoms with van der Waals surface area (Å²) in [7, 11) is -3.86. The summed E-state index contributed by atoms with van der Waals surface area (Å²) in [6, 6.07) is 0. The smallest absolute Gasteiger partial charge is 0.328 e. The van der Waals surface area contributed by atoms with Crippen LogP contribution < -0.4 is 0 Å². The first-order valence-electron chi connectivity index (χ1n) is 8.11. The summed E-state index contributed by atoms with van der Waals surface area (Å²) in [5, 5.41) is 15.1. The van der Waals surface area contributed by atoms with Crippen molar-refractivity contribution in [2.24, 2.45) is 5.92 Å². The van der Waals surface area contributed by atoms with Crippen LogP contribution in [0.25, 0.3) is 0 Å². The van der Waals surface area contributed by atoms with Crippen molar-refractivity contribution in [1.82, 2.24) is 0 Å². The molecule has 0 amide bonds. The van der Waals surface area contributed by atoms with Crippen LogP contribution in [0.2, 0.25) is 3.17 Å². The number of carbonyl (C=O) groups is 2. The van der Waals surface area contributed by atoms with Crippen LogP contribution >= 0.6 is 0 Å². The molecule has 0 fully saturated rings. The van der Waals surface area contributed by atoms with E-state index in [9.17, 15) is 22.6 Å².